The maximum Gasteiger partial charge on any atom is 0.326 e. The van der Waals surface area contributed by atoms with Crippen molar-refractivity contribution in [2.75, 3.05) is 11.4 Å². The van der Waals surface area contributed by atoms with Gasteiger partial charge in [0.15, 0.2) is 0 Å². The zero-order valence-electron chi connectivity index (χ0n) is 10.1. The molecule has 94 valence electrons. The molecule has 1 fully saturated rings. The molecule has 1 N–H and O–H groups in total. The normalized spacial score (nSPS) is 24.9. The van der Waals surface area contributed by atoms with E-state index in [0.717, 1.165) is 12.8 Å². The van der Waals surface area contributed by atoms with Crippen molar-refractivity contribution in [1.29, 1.82) is 0 Å². The largest absolute Gasteiger partial charge is 0.480 e. The van der Waals surface area contributed by atoms with Crippen LogP contribution in [0.5, 0.6) is 0 Å². The molecule has 2 rings (SSSR count). The van der Waals surface area contributed by atoms with Gasteiger partial charge >= 0.3 is 5.97 Å². The van der Waals surface area contributed by atoms with Crippen LogP contribution in [0.4, 0.5) is 5.95 Å². The third-order valence-electron chi connectivity index (χ3n) is 3.43. The van der Waals surface area contributed by atoms with Crippen molar-refractivity contribution in [3.05, 3.63) is 0 Å². The molecule has 17 heavy (non-hydrogen) atoms. The molecule has 7 nitrogen and oxygen atoms in total. The molecule has 1 saturated heterocycles. The number of anilines is 1. The van der Waals surface area contributed by atoms with Gasteiger partial charge in [-0.05, 0) is 29.2 Å². The number of nitrogens with zero attached hydrogens (tertiary/aromatic N) is 5. The molecule has 2 atom stereocenters. The summed E-state index contributed by atoms with van der Waals surface area (Å²) in [6.45, 7) is 2.80. The van der Waals surface area contributed by atoms with Crippen LogP contribution in [0.3, 0.4) is 0 Å². The predicted octanol–water partition coefficient (Wildman–Crippen LogP) is 0.290. The average Bonchev–Trinajstić information content (AvgIpc) is 2.74. The summed E-state index contributed by atoms with van der Waals surface area (Å²) in [5.41, 5.74) is 0. The number of piperidine rings is 1. The Labute approximate surface area is 99.4 Å². The molecule has 0 saturated carbocycles. The van der Waals surface area contributed by atoms with Crippen LogP contribution in [0.15, 0.2) is 0 Å². The number of aliphatic carboxylic acids is 1. The molecule has 0 aromatic carbocycles. The van der Waals surface area contributed by atoms with E-state index < -0.39 is 12.0 Å². The molecule has 7 heteroatoms. The maximum atomic E-state index is 11.3. The number of hydrogen-bond acceptors (Lipinski definition) is 5. The lowest BCUT2D eigenvalue weighted by molar-refractivity contribution is -0.139. The van der Waals surface area contributed by atoms with Gasteiger partial charge in [0.2, 0.25) is 5.95 Å². The van der Waals surface area contributed by atoms with E-state index in [2.05, 4.69) is 22.4 Å². The number of aryl methyl sites for hydroxylation is 1. The number of carboxylic acid groups (broad SMARTS) is 1. The highest BCUT2D eigenvalue weighted by molar-refractivity contribution is 5.77. The van der Waals surface area contributed by atoms with E-state index in [9.17, 15) is 9.90 Å². The highest BCUT2D eigenvalue weighted by Crippen LogP contribution is 2.28. The Kier molecular flexibility index (Phi) is 3.26. The smallest absolute Gasteiger partial charge is 0.326 e. The van der Waals surface area contributed by atoms with E-state index in [1.807, 2.05) is 0 Å². The lowest BCUT2D eigenvalue weighted by atomic mass is 9.89. The quantitative estimate of drug-likeness (QED) is 0.816. The van der Waals surface area contributed by atoms with Crippen molar-refractivity contribution in [2.45, 2.75) is 32.2 Å². The summed E-state index contributed by atoms with van der Waals surface area (Å²) in [7, 11) is 1.72. The monoisotopic (exact) mass is 239 g/mol. The minimum atomic E-state index is -0.800. The van der Waals surface area contributed by atoms with E-state index in [1.165, 1.54) is 4.68 Å². The second-order valence-electron chi connectivity index (χ2n) is 4.45. The van der Waals surface area contributed by atoms with Gasteiger partial charge in [-0.25, -0.2) is 9.48 Å². The minimum Gasteiger partial charge on any atom is -0.480 e. The van der Waals surface area contributed by atoms with Crippen LogP contribution in [-0.4, -0.2) is 43.9 Å². The minimum absolute atomic E-state index is 0.480. The van der Waals surface area contributed by atoms with E-state index in [4.69, 9.17) is 0 Å². The van der Waals surface area contributed by atoms with Crippen LogP contribution < -0.4 is 4.90 Å². The maximum absolute atomic E-state index is 11.3. The van der Waals surface area contributed by atoms with Gasteiger partial charge in [0.1, 0.15) is 6.04 Å². The number of aromatic nitrogens is 4. The Balaban J connectivity index is 2.22. The number of rotatable bonds is 3. The molecule has 1 aliphatic rings. The second-order valence-corrected chi connectivity index (χ2v) is 4.45. The first kappa shape index (κ1) is 11.8. The standard InChI is InChI=1S/C10H17N5O2/c1-3-7-4-5-15(8(6-7)9(16)17)10-11-12-13-14(10)2/h7-8H,3-6H2,1-2H3,(H,16,17). The highest BCUT2D eigenvalue weighted by atomic mass is 16.4. The van der Waals surface area contributed by atoms with Crippen molar-refractivity contribution >= 4 is 11.9 Å². The zero-order chi connectivity index (χ0) is 12.4. The van der Waals surface area contributed by atoms with Gasteiger partial charge in [0.25, 0.3) is 0 Å². The first-order valence-electron chi connectivity index (χ1n) is 5.85. The van der Waals surface area contributed by atoms with E-state index in [-0.39, 0.29) is 0 Å². The average molecular weight is 239 g/mol. The topological polar surface area (TPSA) is 84.1 Å². The first-order valence-corrected chi connectivity index (χ1v) is 5.85. The summed E-state index contributed by atoms with van der Waals surface area (Å²) in [6, 6.07) is -0.515. The Bertz CT molecular complexity index is 405. The molecule has 0 bridgehead atoms. The molecule has 0 amide bonds. The summed E-state index contributed by atoms with van der Waals surface area (Å²) >= 11 is 0. The Hall–Kier alpha value is -1.66. The van der Waals surface area contributed by atoms with E-state index >= 15 is 0 Å². The van der Waals surface area contributed by atoms with Crippen molar-refractivity contribution in [3.63, 3.8) is 0 Å². The third-order valence-corrected chi connectivity index (χ3v) is 3.43. The predicted molar refractivity (Wildman–Crippen MR) is 60.6 cm³/mol. The zero-order valence-corrected chi connectivity index (χ0v) is 10.1. The van der Waals surface area contributed by atoms with Crippen molar-refractivity contribution in [1.82, 2.24) is 20.2 Å². The van der Waals surface area contributed by atoms with Gasteiger partial charge in [0, 0.05) is 13.6 Å². The molecule has 0 aliphatic carbocycles. The van der Waals surface area contributed by atoms with Crippen LogP contribution in [0.1, 0.15) is 26.2 Å². The third kappa shape index (κ3) is 2.22. The number of hydrogen-bond donors (Lipinski definition) is 1. The Morgan fingerprint density at radius 3 is 2.88 bits per heavy atom. The Morgan fingerprint density at radius 2 is 2.35 bits per heavy atom. The number of carboxylic acids is 1. The van der Waals surface area contributed by atoms with E-state index in [0.29, 0.717) is 24.8 Å². The Morgan fingerprint density at radius 1 is 1.59 bits per heavy atom. The molecular formula is C10H17N5O2. The fourth-order valence-electron chi connectivity index (χ4n) is 2.35. The fourth-order valence-corrected chi connectivity index (χ4v) is 2.35. The molecule has 1 aromatic rings. The highest BCUT2D eigenvalue weighted by Gasteiger charge is 2.35. The number of carbonyl (C=O) groups is 1. The van der Waals surface area contributed by atoms with Crippen LogP contribution in [0, 0.1) is 5.92 Å². The molecule has 2 heterocycles. The lowest BCUT2D eigenvalue weighted by Gasteiger charge is -2.36. The first-order chi connectivity index (χ1) is 8.13. The van der Waals surface area contributed by atoms with Gasteiger partial charge in [-0.3, -0.25) is 0 Å². The van der Waals surface area contributed by atoms with Crippen molar-refractivity contribution in [3.8, 4) is 0 Å². The number of tetrazole rings is 1. The molecular weight excluding hydrogens is 222 g/mol. The molecule has 2 unspecified atom stereocenters. The summed E-state index contributed by atoms with van der Waals surface area (Å²) in [5.74, 6) is 0.214. The molecule has 1 aliphatic heterocycles. The summed E-state index contributed by atoms with van der Waals surface area (Å²) in [5, 5.41) is 20.5. The van der Waals surface area contributed by atoms with Crippen LogP contribution in [0.2, 0.25) is 0 Å². The fraction of sp³-hybridized carbons (Fsp3) is 0.800. The van der Waals surface area contributed by atoms with Gasteiger partial charge in [-0.1, -0.05) is 18.4 Å². The summed E-state index contributed by atoms with van der Waals surface area (Å²) < 4.78 is 1.52. The SMILES string of the molecule is CCC1CCN(c2nnnn2C)C(C(=O)O)C1. The second kappa shape index (κ2) is 4.68. The summed E-state index contributed by atoms with van der Waals surface area (Å²) in [4.78, 5) is 13.1. The van der Waals surface area contributed by atoms with Crippen molar-refractivity contribution in [2.24, 2.45) is 13.0 Å². The molecule has 1 aromatic heterocycles. The molecule has 0 spiro atoms. The molecule has 0 radical (unpaired) electrons. The summed E-state index contributed by atoms with van der Waals surface area (Å²) in [6.07, 6.45) is 2.68. The van der Waals surface area contributed by atoms with Crippen molar-refractivity contribution < 1.29 is 9.90 Å². The van der Waals surface area contributed by atoms with Gasteiger partial charge < -0.3 is 10.0 Å². The van der Waals surface area contributed by atoms with Gasteiger partial charge in [-0.15, -0.1) is 0 Å². The van der Waals surface area contributed by atoms with Crippen LogP contribution >= 0.6 is 0 Å². The lowest BCUT2D eigenvalue weighted by Crippen LogP contribution is -2.48. The van der Waals surface area contributed by atoms with Gasteiger partial charge in [-0.2, -0.15) is 0 Å². The van der Waals surface area contributed by atoms with Crippen LogP contribution in [-0.2, 0) is 11.8 Å². The van der Waals surface area contributed by atoms with Crippen LogP contribution in [0.25, 0.3) is 0 Å². The van der Waals surface area contributed by atoms with Gasteiger partial charge in [0.05, 0.1) is 0 Å². The van der Waals surface area contributed by atoms with E-state index in [1.54, 1.807) is 11.9 Å².